The molecule has 30 heavy (non-hydrogen) atoms. The maximum absolute atomic E-state index is 12.8. The molecule has 0 bridgehead atoms. The Labute approximate surface area is 180 Å². The highest BCUT2D eigenvalue weighted by molar-refractivity contribution is 7.89. The summed E-state index contributed by atoms with van der Waals surface area (Å²) in [7, 11) is -2.02. The van der Waals surface area contributed by atoms with E-state index in [4.69, 9.17) is 9.47 Å². The van der Waals surface area contributed by atoms with Gasteiger partial charge in [-0.05, 0) is 43.0 Å². The molecule has 0 spiro atoms. The van der Waals surface area contributed by atoms with E-state index < -0.39 is 10.0 Å². The lowest BCUT2D eigenvalue weighted by atomic mass is 9.97. The van der Waals surface area contributed by atoms with Gasteiger partial charge in [0.25, 0.3) is 5.91 Å². The van der Waals surface area contributed by atoms with Crippen molar-refractivity contribution >= 4 is 15.9 Å². The van der Waals surface area contributed by atoms with Crippen molar-refractivity contribution in [2.45, 2.75) is 17.7 Å². The molecule has 1 amide bonds. The first-order chi connectivity index (χ1) is 14.4. The first-order valence-corrected chi connectivity index (χ1v) is 11.6. The second-order valence-corrected chi connectivity index (χ2v) is 9.16. The number of rotatable bonds is 12. The number of sulfonamides is 1. The van der Waals surface area contributed by atoms with Crippen molar-refractivity contribution in [1.29, 1.82) is 0 Å². The number of carbonyl (C=O) groups is 1. The number of ether oxygens (including phenoxy) is 2. The van der Waals surface area contributed by atoms with Crippen molar-refractivity contribution in [3.63, 3.8) is 0 Å². The number of hydrogen-bond donors (Lipinski definition) is 0. The topological polar surface area (TPSA) is 76.2 Å². The molecule has 1 aromatic rings. The summed E-state index contributed by atoms with van der Waals surface area (Å²) >= 11 is 0. The van der Waals surface area contributed by atoms with Crippen LogP contribution in [-0.4, -0.2) is 76.6 Å². The quantitative estimate of drug-likeness (QED) is 0.372. The van der Waals surface area contributed by atoms with Crippen LogP contribution in [0.1, 0.15) is 23.2 Å². The van der Waals surface area contributed by atoms with Crippen molar-refractivity contribution in [1.82, 2.24) is 9.21 Å². The molecule has 0 unspecified atom stereocenters. The zero-order valence-electron chi connectivity index (χ0n) is 17.7. The highest BCUT2D eigenvalue weighted by Crippen LogP contribution is 2.21. The van der Waals surface area contributed by atoms with E-state index in [1.807, 2.05) is 4.90 Å². The number of benzene rings is 1. The van der Waals surface area contributed by atoms with Gasteiger partial charge in [0.2, 0.25) is 10.0 Å². The predicted molar refractivity (Wildman–Crippen MR) is 117 cm³/mol. The second-order valence-electron chi connectivity index (χ2n) is 7.23. The number of amides is 1. The number of hydrogen-bond acceptors (Lipinski definition) is 5. The smallest absolute Gasteiger partial charge is 0.253 e. The van der Waals surface area contributed by atoms with Gasteiger partial charge < -0.3 is 14.4 Å². The molecule has 1 aromatic carbocycles. The van der Waals surface area contributed by atoms with Crippen molar-refractivity contribution in [3.8, 4) is 0 Å². The molecule has 7 nitrogen and oxygen atoms in total. The molecule has 0 N–H and O–H groups in total. The molecule has 1 aliphatic heterocycles. The Morgan fingerprint density at radius 1 is 1.13 bits per heavy atom. The number of nitrogens with zero attached hydrogens (tertiary/aromatic N) is 2. The molecule has 1 heterocycles. The first kappa shape index (κ1) is 24.3. The summed E-state index contributed by atoms with van der Waals surface area (Å²) in [5, 5.41) is 0. The summed E-state index contributed by atoms with van der Waals surface area (Å²) in [5.74, 6) is 0.367. The molecule has 8 heteroatoms. The van der Waals surface area contributed by atoms with Crippen molar-refractivity contribution < 1.29 is 22.7 Å². The van der Waals surface area contributed by atoms with Gasteiger partial charge in [0.15, 0.2) is 0 Å². The zero-order chi connectivity index (χ0) is 22.0. The Morgan fingerprint density at radius 2 is 1.73 bits per heavy atom. The molecule has 1 saturated heterocycles. The fraction of sp³-hybridized carbons (Fsp3) is 0.500. The van der Waals surface area contributed by atoms with Crippen LogP contribution in [0.4, 0.5) is 0 Å². The van der Waals surface area contributed by atoms with Crippen LogP contribution in [0.3, 0.4) is 0 Å². The van der Waals surface area contributed by atoms with E-state index in [1.54, 1.807) is 19.2 Å². The SMILES string of the molecule is C=CCN(CC=C)S(=O)(=O)c1ccc(C(=O)N2CCC(COCCOC)CC2)cc1. The van der Waals surface area contributed by atoms with Gasteiger partial charge in [-0.25, -0.2) is 8.42 Å². The van der Waals surface area contributed by atoms with Gasteiger partial charge in [-0.3, -0.25) is 4.79 Å². The minimum atomic E-state index is -3.67. The minimum absolute atomic E-state index is 0.0771. The third-order valence-corrected chi connectivity index (χ3v) is 6.94. The lowest BCUT2D eigenvalue weighted by molar-refractivity contribution is 0.0327. The summed E-state index contributed by atoms with van der Waals surface area (Å²) < 4.78 is 37.4. The van der Waals surface area contributed by atoms with E-state index in [1.165, 1.54) is 28.6 Å². The number of likely N-dealkylation sites (tertiary alicyclic amines) is 1. The van der Waals surface area contributed by atoms with E-state index in [9.17, 15) is 13.2 Å². The van der Waals surface area contributed by atoms with Crippen LogP contribution in [0.25, 0.3) is 0 Å². The molecule has 166 valence electrons. The van der Waals surface area contributed by atoms with Gasteiger partial charge >= 0.3 is 0 Å². The van der Waals surface area contributed by atoms with E-state index in [0.717, 1.165) is 12.8 Å². The average Bonchev–Trinajstić information content (AvgIpc) is 2.76. The van der Waals surface area contributed by atoms with Crippen LogP contribution >= 0.6 is 0 Å². The van der Waals surface area contributed by atoms with Gasteiger partial charge in [-0.1, -0.05) is 12.2 Å². The van der Waals surface area contributed by atoms with Crippen LogP contribution in [-0.2, 0) is 19.5 Å². The van der Waals surface area contributed by atoms with Gasteiger partial charge in [0, 0.05) is 45.5 Å². The normalized spacial score (nSPS) is 15.3. The molecule has 0 atom stereocenters. The lowest BCUT2D eigenvalue weighted by Crippen LogP contribution is -2.39. The Balaban J connectivity index is 1.95. The summed E-state index contributed by atoms with van der Waals surface area (Å²) in [6.07, 6.45) is 4.85. The highest BCUT2D eigenvalue weighted by atomic mass is 32.2. The number of carbonyl (C=O) groups excluding carboxylic acids is 1. The Hall–Kier alpha value is -2.00. The standard InChI is InChI=1S/C22H32N2O5S/c1-4-12-24(13-5-2)30(26,27)21-8-6-20(7-9-21)22(25)23-14-10-19(11-15-23)18-29-17-16-28-3/h4-9,19H,1-2,10-18H2,3H3. The molecule has 0 saturated carbocycles. The van der Waals surface area contributed by atoms with Gasteiger partial charge in [-0.15, -0.1) is 13.2 Å². The average molecular weight is 437 g/mol. The van der Waals surface area contributed by atoms with Crippen LogP contribution in [0.15, 0.2) is 54.5 Å². The Bertz CT molecular complexity index is 789. The van der Waals surface area contributed by atoms with E-state index in [-0.39, 0.29) is 23.9 Å². The molecule has 0 aliphatic carbocycles. The molecule has 1 fully saturated rings. The summed E-state index contributed by atoms with van der Waals surface area (Å²) in [4.78, 5) is 14.8. The van der Waals surface area contributed by atoms with Crippen molar-refractivity contribution in [2.24, 2.45) is 5.92 Å². The molecular formula is C22H32N2O5S. The fourth-order valence-corrected chi connectivity index (χ4v) is 4.74. The van der Waals surface area contributed by atoms with E-state index >= 15 is 0 Å². The third-order valence-electron chi connectivity index (χ3n) is 5.09. The summed E-state index contributed by atoms with van der Waals surface area (Å²) in [5.41, 5.74) is 0.489. The van der Waals surface area contributed by atoms with Crippen LogP contribution in [0.2, 0.25) is 0 Å². The molecule has 0 radical (unpaired) electrons. The fourth-order valence-electron chi connectivity index (χ4n) is 3.35. The van der Waals surface area contributed by atoms with Gasteiger partial charge in [0.05, 0.1) is 18.1 Å². The van der Waals surface area contributed by atoms with Crippen LogP contribution in [0, 0.1) is 5.92 Å². The molecule has 0 aromatic heterocycles. The Morgan fingerprint density at radius 3 is 2.27 bits per heavy atom. The molecule has 2 rings (SSSR count). The number of piperidine rings is 1. The number of methoxy groups -OCH3 is 1. The highest BCUT2D eigenvalue weighted by Gasteiger charge is 2.25. The van der Waals surface area contributed by atoms with E-state index in [0.29, 0.717) is 44.4 Å². The predicted octanol–water partition coefficient (Wildman–Crippen LogP) is 2.56. The monoisotopic (exact) mass is 436 g/mol. The maximum Gasteiger partial charge on any atom is 0.253 e. The third kappa shape index (κ3) is 6.50. The second kappa shape index (κ2) is 12.0. The Kier molecular flexibility index (Phi) is 9.71. The lowest BCUT2D eigenvalue weighted by Gasteiger charge is -2.32. The minimum Gasteiger partial charge on any atom is -0.382 e. The van der Waals surface area contributed by atoms with Gasteiger partial charge in [-0.2, -0.15) is 4.31 Å². The maximum atomic E-state index is 12.8. The van der Waals surface area contributed by atoms with Crippen LogP contribution < -0.4 is 0 Å². The molecular weight excluding hydrogens is 404 g/mol. The van der Waals surface area contributed by atoms with Crippen molar-refractivity contribution in [3.05, 3.63) is 55.1 Å². The largest absolute Gasteiger partial charge is 0.382 e. The molecule has 1 aliphatic rings. The summed E-state index contributed by atoms with van der Waals surface area (Å²) in [6.45, 7) is 10.8. The zero-order valence-corrected chi connectivity index (χ0v) is 18.5. The van der Waals surface area contributed by atoms with E-state index in [2.05, 4.69) is 13.2 Å². The first-order valence-electron chi connectivity index (χ1n) is 10.1. The van der Waals surface area contributed by atoms with Gasteiger partial charge in [0.1, 0.15) is 0 Å². The van der Waals surface area contributed by atoms with Crippen molar-refractivity contribution in [2.75, 3.05) is 53.1 Å². The van der Waals surface area contributed by atoms with Crippen LogP contribution in [0.5, 0.6) is 0 Å². The summed E-state index contributed by atoms with van der Waals surface area (Å²) in [6, 6.07) is 6.13.